The number of hydrogen-bond donors (Lipinski definition) is 0. The van der Waals surface area contributed by atoms with Crippen LogP contribution in [0.2, 0.25) is 0 Å². The van der Waals surface area contributed by atoms with E-state index in [0.717, 1.165) is 24.8 Å². The molecular formula is C26H34N4. The number of hydrogen-bond acceptors (Lipinski definition) is 4. The summed E-state index contributed by atoms with van der Waals surface area (Å²) in [5.41, 5.74) is 4.94. The number of rotatable bonds is 5. The first kappa shape index (κ1) is 20.6. The zero-order chi connectivity index (χ0) is 21.4. The normalized spacial score (nSPS) is 21.6. The van der Waals surface area contributed by atoms with Crippen molar-refractivity contribution in [3.05, 3.63) is 59.7 Å². The smallest absolute Gasteiger partial charge is 0.172 e. The molecule has 0 bridgehead atoms. The van der Waals surface area contributed by atoms with E-state index >= 15 is 0 Å². The van der Waals surface area contributed by atoms with Gasteiger partial charge >= 0.3 is 0 Å². The van der Waals surface area contributed by atoms with Crippen LogP contribution in [0, 0.1) is 25.7 Å². The largest absolute Gasteiger partial charge is 0.321 e. The highest BCUT2D eigenvalue weighted by molar-refractivity contribution is 6.50. The lowest BCUT2D eigenvalue weighted by atomic mass is 10.1. The lowest BCUT2D eigenvalue weighted by Crippen LogP contribution is -2.42. The lowest BCUT2D eigenvalue weighted by Gasteiger charge is -2.27. The van der Waals surface area contributed by atoms with Crippen LogP contribution in [0.5, 0.6) is 0 Å². The van der Waals surface area contributed by atoms with E-state index < -0.39 is 0 Å². The van der Waals surface area contributed by atoms with Crippen LogP contribution >= 0.6 is 0 Å². The fourth-order valence-corrected chi connectivity index (χ4v) is 4.06. The summed E-state index contributed by atoms with van der Waals surface area (Å²) in [5, 5.41) is 0. The first-order valence-electron chi connectivity index (χ1n) is 11.2. The molecule has 4 nitrogen and oxygen atoms in total. The second-order valence-electron chi connectivity index (χ2n) is 9.42. The Morgan fingerprint density at radius 1 is 0.633 bits per heavy atom. The second-order valence-corrected chi connectivity index (χ2v) is 9.42. The SMILES string of the molecule is Cc1ccc(N2CC(C(C)C)N=C2C2=NC(C(C)C)CN2c2ccc(C)cc2)cc1. The highest BCUT2D eigenvalue weighted by Gasteiger charge is 2.38. The third kappa shape index (κ3) is 4.00. The molecule has 158 valence electrons. The van der Waals surface area contributed by atoms with E-state index in [0.29, 0.717) is 11.8 Å². The monoisotopic (exact) mass is 402 g/mol. The Labute approximate surface area is 181 Å². The molecule has 2 aromatic rings. The van der Waals surface area contributed by atoms with Crippen molar-refractivity contribution in [3.8, 4) is 0 Å². The van der Waals surface area contributed by atoms with E-state index in [9.17, 15) is 0 Å². The van der Waals surface area contributed by atoms with E-state index in [1.807, 2.05) is 0 Å². The topological polar surface area (TPSA) is 31.2 Å². The second kappa shape index (κ2) is 8.25. The summed E-state index contributed by atoms with van der Waals surface area (Å²) in [6, 6.07) is 18.1. The maximum Gasteiger partial charge on any atom is 0.172 e. The third-order valence-corrected chi connectivity index (χ3v) is 6.26. The minimum atomic E-state index is 0.280. The van der Waals surface area contributed by atoms with Gasteiger partial charge in [-0.3, -0.25) is 9.98 Å². The zero-order valence-corrected chi connectivity index (χ0v) is 19.1. The minimum Gasteiger partial charge on any atom is -0.321 e. The summed E-state index contributed by atoms with van der Waals surface area (Å²) in [6.07, 6.45) is 0. The molecule has 0 radical (unpaired) electrons. The van der Waals surface area contributed by atoms with Crippen molar-refractivity contribution in [1.29, 1.82) is 0 Å². The number of aliphatic imine (C=N–C) groups is 2. The van der Waals surface area contributed by atoms with Crippen LogP contribution in [0.25, 0.3) is 0 Å². The molecule has 0 amide bonds. The van der Waals surface area contributed by atoms with E-state index in [1.54, 1.807) is 0 Å². The van der Waals surface area contributed by atoms with Gasteiger partial charge in [0.25, 0.3) is 0 Å². The molecule has 0 saturated heterocycles. The number of aryl methyl sites for hydroxylation is 2. The van der Waals surface area contributed by atoms with Gasteiger partial charge in [-0.2, -0.15) is 0 Å². The van der Waals surface area contributed by atoms with Gasteiger partial charge in [0.15, 0.2) is 11.7 Å². The molecule has 2 heterocycles. The van der Waals surface area contributed by atoms with Crippen molar-refractivity contribution < 1.29 is 0 Å². The van der Waals surface area contributed by atoms with Crippen LogP contribution in [-0.4, -0.2) is 36.8 Å². The van der Waals surface area contributed by atoms with Gasteiger partial charge in [0.05, 0.1) is 12.1 Å². The zero-order valence-electron chi connectivity index (χ0n) is 19.1. The van der Waals surface area contributed by atoms with Crippen LogP contribution in [0.3, 0.4) is 0 Å². The van der Waals surface area contributed by atoms with Crippen molar-refractivity contribution >= 4 is 23.0 Å². The van der Waals surface area contributed by atoms with Crippen molar-refractivity contribution in [1.82, 2.24) is 0 Å². The first-order valence-corrected chi connectivity index (χ1v) is 11.2. The van der Waals surface area contributed by atoms with Crippen LogP contribution < -0.4 is 9.80 Å². The number of anilines is 2. The van der Waals surface area contributed by atoms with Crippen molar-refractivity contribution in [2.75, 3.05) is 22.9 Å². The maximum atomic E-state index is 5.21. The molecule has 0 N–H and O–H groups in total. The molecule has 0 saturated carbocycles. The van der Waals surface area contributed by atoms with Gasteiger partial charge in [0.1, 0.15) is 0 Å². The summed E-state index contributed by atoms with van der Waals surface area (Å²) >= 11 is 0. The first-order chi connectivity index (χ1) is 14.3. The standard InChI is InChI=1S/C26H34N4/c1-17(2)23-15-29(21-11-7-19(5)8-12-21)25(27-23)26-28-24(18(3)4)16-30(26)22-13-9-20(6)10-14-22/h7-14,17-18,23-24H,15-16H2,1-6H3. The van der Waals surface area contributed by atoms with Crippen molar-refractivity contribution in [3.63, 3.8) is 0 Å². The maximum absolute atomic E-state index is 5.21. The van der Waals surface area contributed by atoms with Crippen molar-refractivity contribution in [2.45, 2.75) is 53.6 Å². The number of benzene rings is 2. The molecule has 2 aromatic carbocycles. The quantitative estimate of drug-likeness (QED) is 0.662. The molecule has 4 rings (SSSR count). The Bertz CT molecular complexity index is 859. The molecule has 2 unspecified atom stereocenters. The van der Waals surface area contributed by atoms with Gasteiger partial charge in [-0.25, -0.2) is 0 Å². The average Bonchev–Trinajstić information content (AvgIpc) is 3.34. The van der Waals surface area contributed by atoms with Crippen LogP contribution in [0.15, 0.2) is 58.5 Å². The Morgan fingerprint density at radius 2 is 0.967 bits per heavy atom. The molecule has 4 heteroatoms. The highest BCUT2D eigenvalue weighted by atomic mass is 15.4. The van der Waals surface area contributed by atoms with Crippen LogP contribution in [0.1, 0.15) is 38.8 Å². The molecule has 0 aliphatic carbocycles. The van der Waals surface area contributed by atoms with Gasteiger partial charge in [-0.1, -0.05) is 63.1 Å². The molecule has 0 spiro atoms. The molecular weight excluding hydrogens is 368 g/mol. The Morgan fingerprint density at radius 3 is 1.27 bits per heavy atom. The van der Waals surface area contributed by atoms with Crippen LogP contribution in [0.4, 0.5) is 11.4 Å². The third-order valence-electron chi connectivity index (χ3n) is 6.26. The molecule has 0 fully saturated rings. The molecule has 30 heavy (non-hydrogen) atoms. The van der Waals surface area contributed by atoms with Gasteiger partial charge in [-0.15, -0.1) is 0 Å². The fraction of sp³-hybridized carbons (Fsp3) is 0.462. The van der Waals surface area contributed by atoms with Gasteiger partial charge in [0.2, 0.25) is 0 Å². The molecule has 0 aromatic heterocycles. The summed E-state index contributed by atoms with van der Waals surface area (Å²) in [5.74, 6) is 3.01. The number of amidine groups is 2. The van der Waals surface area contributed by atoms with Gasteiger partial charge in [0, 0.05) is 24.5 Å². The molecule has 2 aliphatic heterocycles. The summed E-state index contributed by atoms with van der Waals surface area (Å²) in [6.45, 7) is 15.1. The summed E-state index contributed by atoms with van der Waals surface area (Å²) < 4.78 is 0. The van der Waals surface area contributed by atoms with E-state index in [2.05, 4.69) is 99.9 Å². The predicted molar refractivity (Wildman–Crippen MR) is 129 cm³/mol. The van der Waals surface area contributed by atoms with E-state index in [1.165, 1.54) is 22.5 Å². The van der Waals surface area contributed by atoms with Gasteiger partial charge < -0.3 is 9.80 Å². The summed E-state index contributed by atoms with van der Waals surface area (Å²) in [7, 11) is 0. The molecule has 2 atom stereocenters. The Hall–Kier alpha value is -2.62. The van der Waals surface area contributed by atoms with Crippen molar-refractivity contribution in [2.24, 2.45) is 21.8 Å². The fourth-order valence-electron chi connectivity index (χ4n) is 4.06. The Kier molecular flexibility index (Phi) is 5.68. The molecule has 2 aliphatic rings. The van der Waals surface area contributed by atoms with E-state index in [-0.39, 0.29) is 12.1 Å². The summed E-state index contributed by atoms with van der Waals surface area (Å²) in [4.78, 5) is 15.1. The average molecular weight is 403 g/mol. The van der Waals surface area contributed by atoms with E-state index in [4.69, 9.17) is 9.98 Å². The lowest BCUT2D eigenvalue weighted by molar-refractivity contribution is 0.521. The van der Waals surface area contributed by atoms with Crippen LogP contribution in [-0.2, 0) is 0 Å². The highest BCUT2D eigenvalue weighted by Crippen LogP contribution is 2.30. The van der Waals surface area contributed by atoms with Gasteiger partial charge in [-0.05, 0) is 49.9 Å². The Balaban J connectivity index is 1.76. The minimum absolute atomic E-state index is 0.280. The number of nitrogens with zero attached hydrogens (tertiary/aromatic N) is 4. The predicted octanol–water partition coefficient (Wildman–Crippen LogP) is 5.49.